The number of hydrogen-bond acceptors (Lipinski definition) is 2. The largest absolute Gasteiger partial charge is 0.324 e. The van der Waals surface area contributed by atoms with Crippen molar-refractivity contribution < 1.29 is 4.79 Å². The van der Waals surface area contributed by atoms with E-state index in [1.165, 1.54) is 0 Å². The summed E-state index contributed by atoms with van der Waals surface area (Å²) >= 11 is 0. The molecule has 0 saturated heterocycles. The van der Waals surface area contributed by atoms with Crippen LogP contribution in [0.5, 0.6) is 0 Å². The second-order valence-electron chi connectivity index (χ2n) is 4.32. The van der Waals surface area contributed by atoms with Crippen LogP contribution in [-0.2, 0) is 0 Å². The van der Waals surface area contributed by atoms with Crippen molar-refractivity contribution in [3.8, 4) is 0 Å². The van der Waals surface area contributed by atoms with E-state index < -0.39 is 0 Å². The first kappa shape index (κ1) is 13.5. The lowest BCUT2D eigenvalue weighted by Gasteiger charge is -2.09. The Hall–Kier alpha value is -1.90. The Morgan fingerprint density at radius 3 is 1.84 bits per heavy atom. The molecule has 19 heavy (non-hydrogen) atoms. The van der Waals surface area contributed by atoms with Gasteiger partial charge in [0.25, 0.3) is 0 Å². The van der Waals surface area contributed by atoms with Crippen molar-refractivity contribution in [2.45, 2.75) is 0 Å². The summed E-state index contributed by atoms with van der Waals surface area (Å²) in [6.07, 6.45) is 0. The van der Waals surface area contributed by atoms with Crippen LogP contribution < -0.4 is 5.73 Å². The fourth-order valence-electron chi connectivity index (χ4n) is 2.42. The molecule has 3 rings (SSSR count). The summed E-state index contributed by atoms with van der Waals surface area (Å²) in [4.78, 5) is 12.1. The Labute approximate surface area is 117 Å². The van der Waals surface area contributed by atoms with Crippen molar-refractivity contribution in [2.24, 2.45) is 5.73 Å². The fourth-order valence-corrected chi connectivity index (χ4v) is 2.42. The van der Waals surface area contributed by atoms with E-state index in [-0.39, 0.29) is 24.7 Å². The lowest BCUT2D eigenvalue weighted by Crippen LogP contribution is -2.14. The van der Waals surface area contributed by atoms with Gasteiger partial charge in [-0.2, -0.15) is 0 Å². The van der Waals surface area contributed by atoms with Crippen molar-refractivity contribution in [1.82, 2.24) is 0 Å². The van der Waals surface area contributed by atoms with E-state index in [9.17, 15) is 4.79 Å². The Morgan fingerprint density at radius 1 is 0.895 bits per heavy atom. The topological polar surface area (TPSA) is 43.1 Å². The molecule has 0 spiro atoms. The van der Waals surface area contributed by atoms with Gasteiger partial charge in [0.1, 0.15) is 0 Å². The summed E-state index contributed by atoms with van der Waals surface area (Å²) in [6, 6.07) is 18.0. The van der Waals surface area contributed by atoms with Gasteiger partial charge in [-0.05, 0) is 27.6 Å². The number of ketones is 1. The van der Waals surface area contributed by atoms with E-state index in [0.717, 1.165) is 27.1 Å². The molecule has 0 aliphatic rings. The maximum atomic E-state index is 12.1. The number of fused-ring (bicyclic) bond motifs is 2. The van der Waals surface area contributed by atoms with Gasteiger partial charge in [-0.25, -0.2) is 0 Å². The van der Waals surface area contributed by atoms with Gasteiger partial charge >= 0.3 is 0 Å². The van der Waals surface area contributed by atoms with Gasteiger partial charge in [0.15, 0.2) is 5.78 Å². The van der Waals surface area contributed by atoms with Crippen molar-refractivity contribution in [3.05, 3.63) is 60.2 Å². The highest BCUT2D eigenvalue weighted by molar-refractivity contribution is 6.19. The number of rotatable bonds is 2. The molecule has 96 valence electrons. The van der Waals surface area contributed by atoms with E-state index >= 15 is 0 Å². The normalized spacial score (nSPS) is 10.4. The summed E-state index contributed by atoms with van der Waals surface area (Å²) < 4.78 is 0. The zero-order valence-corrected chi connectivity index (χ0v) is 11.1. The number of benzene rings is 3. The molecule has 3 heteroatoms. The van der Waals surface area contributed by atoms with Gasteiger partial charge < -0.3 is 5.73 Å². The van der Waals surface area contributed by atoms with E-state index in [4.69, 9.17) is 5.73 Å². The van der Waals surface area contributed by atoms with Crippen LogP contribution in [0.15, 0.2) is 54.6 Å². The van der Waals surface area contributed by atoms with Crippen molar-refractivity contribution in [1.29, 1.82) is 0 Å². The van der Waals surface area contributed by atoms with Crippen molar-refractivity contribution in [2.75, 3.05) is 6.54 Å². The third kappa shape index (κ3) is 2.21. The minimum atomic E-state index is -0.0111. The average Bonchev–Trinajstić information content (AvgIpc) is 2.44. The standard InChI is InChI=1S/C16H13NO.ClH/c17-10-15(18)16-13-7-3-1-5-11(13)9-12-6-2-4-8-14(12)16;/h1-9H,10,17H2;1H. The number of carbonyl (C=O) groups excluding carboxylic acids is 1. The Kier molecular flexibility index (Phi) is 3.84. The molecule has 0 bridgehead atoms. The van der Waals surface area contributed by atoms with Crippen LogP contribution in [-0.4, -0.2) is 12.3 Å². The second kappa shape index (κ2) is 5.39. The quantitative estimate of drug-likeness (QED) is 0.572. The van der Waals surface area contributed by atoms with Gasteiger partial charge in [-0.3, -0.25) is 4.79 Å². The lowest BCUT2D eigenvalue weighted by atomic mass is 9.94. The van der Waals surface area contributed by atoms with Crippen LogP contribution in [0.25, 0.3) is 21.5 Å². The van der Waals surface area contributed by atoms with Crippen LogP contribution in [0.4, 0.5) is 0 Å². The minimum absolute atomic E-state index is 0. The molecule has 0 aliphatic heterocycles. The van der Waals surface area contributed by atoms with Crippen LogP contribution in [0, 0.1) is 0 Å². The third-order valence-corrected chi connectivity index (χ3v) is 3.24. The SMILES string of the molecule is Cl.NCC(=O)c1c2ccccc2cc2ccccc12. The van der Waals surface area contributed by atoms with E-state index in [2.05, 4.69) is 6.07 Å². The molecule has 3 aromatic carbocycles. The fraction of sp³-hybridized carbons (Fsp3) is 0.0625. The van der Waals surface area contributed by atoms with E-state index in [0.29, 0.717) is 0 Å². The summed E-state index contributed by atoms with van der Waals surface area (Å²) in [5, 5.41) is 4.11. The maximum Gasteiger partial charge on any atom is 0.177 e. The third-order valence-electron chi connectivity index (χ3n) is 3.24. The van der Waals surface area contributed by atoms with Gasteiger partial charge in [-0.1, -0.05) is 48.5 Å². The molecular weight excluding hydrogens is 258 g/mol. The minimum Gasteiger partial charge on any atom is -0.324 e. The number of carbonyl (C=O) groups is 1. The zero-order valence-electron chi connectivity index (χ0n) is 10.3. The van der Waals surface area contributed by atoms with E-state index in [1.807, 2.05) is 48.5 Å². The predicted octanol–water partition coefficient (Wildman–Crippen LogP) is 3.56. The average molecular weight is 272 g/mol. The monoisotopic (exact) mass is 271 g/mol. The van der Waals surface area contributed by atoms with Gasteiger partial charge in [0, 0.05) is 5.56 Å². The molecule has 0 atom stereocenters. The van der Waals surface area contributed by atoms with Gasteiger partial charge in [0.2, 0.25) is 0 Å². The highest BCUT2D eigenvalue weighted by atomic mass is 35.5. The predicted molar refractivity (Wildman–Crippen MR) is 82.1 cm³/mol. The van der Waals surface area contributed by atoms with Crippen molar-refractivity contribution >= 4 is 39.7 Å². The highest BCUT2D eigenvalue weighted by Crippen LogP contribution is 2.28. The summed E-state index contributed by atoms with van der Waals surface area (Å²) in [5.74, 6) is -0.0111. The first-order chi connectivity index (χ1) is 8.81. The van der Waals surface area contributed by atoms with E-state index in [1.54, 1.807) is 0 Å². The zero-order chi connectivity index (χ0) is 12.5. The summed E-state index contributed by atoms with van der Waals surface area (Å²) in [5.41, 5.74) is 6.28. The molecule has 0 fully saturated rings. The molecule has 0 radical (unpaired) electrons. The van der Waals surface area contributed by atoms with Gasteiger partial charge in [0.05, 0.1) is 6.54 Å². The summed E-state index contributed by atoms with van der Waals surface area (Å²) in [6.45, 7) is 0.0397. The Bertz CT molecular complexity index is 698. The first-order valence-corrected chi connectivity index (χ1v) is 5.95. The van der Waals surface area contributed by atoms with Crippen molar-refractivity contribution in [3.63, 3.8) is 0 Å². The molecule has 0 amide bonds. The molecule has 0 unspecified atom stereocenters. The second-order valence-corrected chi connectivity index (χ2v) is 4.32. The van der Waals surface area contributed by atoms with Crippen LogP contribution in [0.3, 0.4) is 0 Å². The maximum absolute atomic E-state index is 12.1. The van der Waals surface area contributed by atoms with Crippen LogP contribution in [0.2, 0.25) is 0 Å². The first-order valence-electron chi connectivity index (χ1n) is 5.95. The molecule has 0 heterocycles. The number of halogens is 1. The smallest absolute Gasteiger partial charge is 0.177 e. The molecule has 2 nitrogen and oxygen atoms in total. The molecule has 0 aliphatic carbocycles. The molecular formula is C16H14ClNO. The molecule has 0 aromatic heterocycles. The lowest BCUT2D eigenvalue weighted by molar-refractivity contribution is 0.100. The van der Waals surface area contributed by atoms with Gasteiger partial charge in [-0.15, -0.1) is 12.4 Å². The molecule has 2 N–H and O–H groups in total. The van der Waals surface area contributed by atoms with Crippen LogP contribution >= 0.6 is 12.4 Å². The number of nitrogens with two attached hydrogens (primary N) is 1. The molecule has 3 aromatic rings. The highest BCUT2D eigenvalue weighted by Gasteiger charge is 2.12. The number of Topliss-reactive ketones (excluding diaryl/α,β-unsaturated/α-hetero) is 1. The Balaban J connectivity index is 0.00000133. The number of hydrogen-bond donors (Lipinski definition) is 1. The van der Waals surface area contributed by atoms with Crippen LogP contribution in [0.1, 0.15) is 10.4 Å². The Morgan fingerprint density at radius 2 is 1.37 bits per heavy atom. The molecule has 0 saturated carbocycles. The summed E-state index contributed by atoms with van der Waals surface area (Å²) in [7, 11) is 0.